The molecule has 0 saturated heterocycles. The van der Waals surface area contributed by atoms with Gasteiger partial charge in [-0.2, -0.15) is 0 Å². The lowest BCUT2D eigenvalue weighted by atomic mass is 10.1. The molecule has 1 rings (SSSR count). The molecule has 4 heteroatoms. The van der Waals surface area contributed by atoms with E-state index >= 15 is 0 Å². The van der Waals surface area contributed by atoms with E-state index in [0.717, 1.165) is 17.2 Å². The Balaban J connectivity index is 2.78. The van der Waals surface area contributed by atoms with Crippen molar-refractivity contribution in [2.24, 2.45) is 0 Å². The van der Waals surface area contributed by atoms with Gasteiger partial charge in [0.05, 0.1) is 6.26 Å². The third-order valence-electron chi connectivity index (χ3n) is 1.72. The highest BCUT2D eigenvalue weighted by molar-refractivity contribution is 5.85. The van der Waals surface area contributed by atoms with E-state index in [1.165, 1.54) is 12.3 Å². The van der Waals surface area contributed by atoms with Crippen molar-refractivity contribution in [3.05, 3.63) is 47.7 Å². The summed E-state index contributed by atoms with van der Waals surface area (Å²) in [6.45, 7) is 0.324. The lowest BCUT2D eigenvalue weighted by Crippen LogP contribution is -1.85. The Hall–Kier alpha value is -2.36. The molecule has 0 aliphatic heterocycles. The van der Waals surface area contributed by atoms with Crippen LogP contribution in [0.25, 0.3) is 12.2 Å². The van der Waals surface area contributed by atoms with Crippen molar-refractivity contribution in [2.45, 2.75) is 0 Å². The first kappa shape index (κ1) is 11.7. The molecule has 4 nitrogen and oxygen atoms in total. The Kier molecular flexibility index (Phi) is 4.53. The van der Waals surface area contributed by atoms with Gasteiger partial charge in [0.25, 0.3) is 6.47 Å². The molecule has 0 atom stereocenters. The molecule has 1 N–H and O–H groups in total. The predicted octanol–water partition coefficient (Wildman–Crippen LogP) is 1.93. The Morgan fingerprint density at radius 3 is 2.56 bits per heavy atom. The van der Waals surface area contributed by atoms with Gasteiger partial charge in [-0.25, -0.2) is 4.79 Å². The summed E-state index contributed by atoms with van der Waals surface area (Å²) in [5, 5.41) is 8.46. The number of ether oxygens (including phenoxy) is 1. The fraction of sp³-hybridized carbons (Fsp3) is 0. The third kappa shape index (κ3) is 4.23. The number of carbonyl (C=O) groups excluding carboxylic acids is 1. The summed E-state index contributed by atoms with van der Waals surface area (Å²) < 4.78 is 4.40. The average Bonchev–Trinajstić information content (AvgIpc) is 2.27. The molecule has 0 aliphatic rings. The molecule has 0 bridgehead atoms. The van der Waals surface area contributed by atoms with E-state index < -0.39 is 5.97 Å². The third-order valence-corrected chi connectivity index (χ3v) is 1.72. The fourth-order valence-electron chi connectivity index (χ4n) is 1.08. The highest BCUT2D eigenvalue weighted by Crippen LogP contribution is 2.08. The first-order valence-electron chi connectivity index (χ1n) is 4.49. The molecular formula is C12H10O4. The van der Waals surface area contributed by atoms with Crippen LogP contribution in [0.1, 0.15) is 11.1 Å². The molecule has 1 aromatic carbocycles. The summed E-state index contributed by atoms with van der Waals surface area (Å²) in [6, 6.07) is 7.13. The molecule has 16 heavy (non-hydrogen) atoms. The van der Waals surface area contributed by atoms with Gasteiger partial charge in [-0.3, -0.25) is 4.79 Å². The maximum Gasteiger partial charge on any atom is 0.328 e. The minimum atomic E-state index is -0.995. The molecule has 0 unspecified atom stereocenters. The number of hydrogen-bond donors (Lipinski definition) is 1. The normalized spacial score (nSPS) is 10.8. The van der Waals surface area contributed by atoms with Crippen molar-refractivity contribution in [1.82, 2.24) is 0 Å². The summed E-state index contributed by atoms with van der Waals surface area (Å²) in [5.74, 6) is -0.995. The largest absolute Gasteiger partial charge is 0.478 e. The van der Waals surface area contributed by atoms with E-state index in [1.807, 2.05) is 6.07 Å². The topological polar surface area (TPSA) is 63.6 Å². The van der Waals surface area contributed by atoms with Crippen molar-refractivity contribution in [2.75, 3.05) is 0 Å². The van der Waals surface area contributed by atoms with Gasteiger partial charge < -0.3 is 9.84 Å². The zero-order valence-corrected chi connectivity index (χ0v) is 8.37. The van der Waals surface area contributed by atoms with Crippen molar-refractivity contribution in [3.8, 4) is 0 Å². The molecule has 0 saturated carbocycles. The fourth-order valence-corrected chi connectivity index (χ4v) is 1.08. The first-order chi connectivity index (χ1) is 7.72. The minimum absolute atomic E-state index is 0.324. The second kappa shape index (κ2) is 6.19. The second-order valence-electron chi connectivity index (χ2n) is 2.88. The van der Waals surface area contributed by atoms with Crippen LogP contribution in [0.5, 0.6) is 0 Å². The van der Waals surface area contributed by atoms with Crippen LogP contribution in [0.15, 0.2) is 36.6 Å². The van der Waals surface area contributed by atoms with Crippen LogP contribution in [0, 0.1) is 0 Å². The van der Waals surface area contributed by atoms with Gasteiger partial charge >= 0.3 is 5.97 Å². The van der Waals surface area contributed by atoms with E-state index in [4.69, 9.17) is 5.11 Å². The van der Waals surface area contributed by atoms with Crippen LogP contribution >= 0.6 is 0 Å². The molecule has 0 aromatic heterocycles. The van der Waals surface area contributed by atoms with Crippen LogP contribution in [0.2, 0.25) is 0 Å². The number of aliphatic carboxylic acids is 1. The van der Waals surface area contributed by atoms with Crippen molar-refractivity contribution in [1.29, 1.82) is 0 Å². The van der Waals surface area contributed by atoms with Gasteiger partial charge in [-0.05, 0) is 29.3 Å². The monoisotopic (exact) mass is 218 g/mol. The summed E-state index contributed by atoms with van der Waals surface area (Å²) in [6.07, 6.45) is 5.41. The number of benzene rings is 1. The molecule has 0 radical (unpaired) electrons. The smallest absolute Gasteiger partial charge is 0.328 e. The van der Waals surface area contributed by atoms with Crippen LogP contribution in [0.4, 0.5) is 0 Å². The van der Waals surface area contributed by atoms with Crippen molar-refractivity contribution >= 4 is 24.6 Å². The quantitative estimate of drug-likeness (QED) is 0.466. The number of carboxylic acids is 1. The van der Waals surface area contributed by atoms with Crippen molar-refractivity contribution < 1.29 is 19.4 Å². The van der Waals surface area contributed by atoms with Crippen LogP contribution in [-0.2, 0) is 14.3 Å². The van der Waals surface area contributed by atoms with E-state index in [2.05, 4.69) is 4.74 Å². The van der Waals surface area contributed by atoms with Crippen LogP contribution < -0.4 is 0 Å². The van der Waals surface area contributed by atoms with Crippen LogP contribution in [-0.4, -0.2) is 17.5 Å². The maximum atomic E-state index is 10.3. The van der Waals surface area contributed by atoms with Gasteiger partial charge in [0.15, 0.2) is 0 Å². The number of carbonyl (C=O) groups is 2. The Morgan fingerprint density at radius 2 is 1.94 bits per heavy atom. The Labute approximate surface area is 92.5 Å². The van der Waals surface area contributed by atoms with E-state index in [1.54, 1.807) is 24.3 Å². The lowest BCUT2D eigenvalue weighted by Gasteiger charge is -1.95. The summed E-state index contributed by atoms with van der Waals surface area (Å²) in [7, 11) is 0. The molecule has 0 spiro atoms. The zero-order chi connectivity index (χ0) is 11.8. The lowest BCUT2D eigenvalue weighted by molar-refractivity contribution is -0.131. The van der Waals surface area contributed by atoms with Crippen molar-refractivity contribution in [3.63, 3.8) is 0 Å². The number of carboxylic acid groups (broad SMARTS) is 1. The standard InChI is InChI=1S/C12H10O4/c13-9-16-7-6-11-3-1-2-10(8-11)4-5-12(14)15/h1-9H,(H,14,15)/b5-4+,7-6+. The van der Waals surface area contributed by atoms with Crippen LogP contribution in [0.3, 0.4) is 0 Å². The molecule has 0 heterocycles. The number of hydrogen-bond acceptors (Lipinski definition) is 3. The minimum Gasteiger partial charge on any atom is -0.478 e. The molecule has 1 aromatic rings. The highest BCUT2D eigenvalue weighted by Gasteiger charge is 1.91. The highest BCUT2D eigenvalue weighted by atomic mass is 16.5. The SMILES string of the molecule is O=CO/C=C/c1cccc(/C=C/C(=O)O)c1. The predicted molar refractivity (Wildman–Crippen MR) is 59.3 cm³/mol. The van der Waals surface area contributed by atoms with Gasteiger partial charge in [-0.1, -0.05) is 18.2 Å². The summed E-state index contributed by atoms with van der Waals surface area (Å²) >= 11 is 0. The van der Waals surface area contributed by atoms with Gasteiger partial charge in [0, 0.05) is 6.08 Å². The molecule has 82 valence electrons. The summed E-state index contributed by atoms with van der Waals surface area (Å²) in [4.78, 5) is 20.2. The summed E-state index contributed by atoms with van der Waals surface area (Å²) in [5.41, 5.74) is 1.57. The molecular weight excluding hydrogens is 208 g/mol. The van der Waals surface area contributed by atoms with E-state index in [-0.39, 0.29) is 0 Å². The van der Waals surface area contributed by atoms with E-state index in [9.17, 15) is 9.59 Å². The average molecular weight is 218 g/mol. The Bertz CT molecular complexity index is 432. The van der Waals surface area contributed by atoms with Gasteiger partial charge in [0.1, 0.15) is 0 Å². The van der Waals surface area contributed by atoms with E-state index in [0.29, 0.717) is 6.47 Å². The first-order valence-corrected chi connectivity index (χ1v) is 4.49. The van der Waals surface area contributed by atoms with Gasteiger partial charge in [0.2, 0.25) is 0 Å². The Morgan fingerprint density at radius 1 is 1.25 bits per heavy atom. The zero-order valence-electron chi connectivity index (χ0n) is 8.37. The van der Waals surface area contributed by atoms with Gasteiger partial charge in [-0.15, -0.1) is 0 Å². The maximum absolute atomic E-state index is 10.3. The molecule has 0 aliphatic carbocycles. The second-order valence-corrected chi connectivity index (χ2v) is 2.88. The molecule has 0 amide bonds. The number of rotatable bonds is 5. The molecule has 0 fully saturated rings.